The summed E-state index contributed by atoms with van der Waals surface area (Å²) in [5.74, 6) is 0.111. The van der Waals surface area contributed by atoms with E-state index in [0.29, 0.717) is 37.6 Å². The zero-order valence-corrected chi connectivity index (χ0v) is 17.9. The molecule has 8 nitrogen and oxygen atoms in total. The van der Waals surface area contributed by atoms with Crippen LogP contribution < -0.4 is 4.74 Å². The predicted octanol–water partition coefficient (Wildman–Crippen LogP) is 3.00. The lowest BCUT2D eigenvalue weighted by Crippen LogP contribution is -2.40. The lowest BCUT2D eigenvalue weighted by atomic mass is 10.1. The monoisotopic (exact) mass is 445 g/mol. The summed E-state index contributed by atoms with van der Waals surface area (Å²) in [6.45, 7) is 3.45. The van der Waals surface area contributed by atoms with Crippen molar-refractivity contribution in [3.05, 3.63) is 59.9 Å². The van der Waals surface area contributed by atoms with Crippen molar-refractivity contribution in [1.82, 2.24) is 4.31 Å². The third-order valence-electron chi connectivity index (χ3n) is 5.05. The number of benzene rings is 2. The highest BCUT2D eigenvalue weighted by atomic mass is 32.2. The van der Waals surface area contributed by atoms with Crippen molar-refractivity contribution in [3.8, 4) is 5.75 Å². The van der Waals surface area contributed by atoms with Gasteiger partial charge in [-0.1, -0.05) is 18.2 Å². The van der Waals surface area contributed by atoms with Crippen LogP contribution >= 0.6 is 0 Å². The molecule has 0 N–H and O–H groups in total. The summed E-state index contributed by atoms with van der Waals surface area (Å²) in [4.78, 5) is 12.5. The number of nitrogens with zero attached hydrogens (tertiary/aromatic N) is 1. The van der Waals surface area contributed by atoms with E-state index in [1.54, 1.807) is 18.2 Å². The second-order valence-electron chi connectivity index (χ2n) is 7.02. The van der Waals surface area contributed by atoms with Crippen molar-refractivity contribution in [2.45, 2.75) is 11.8 Å². The Balaban J connectivity index is 1.29. The summed E-state index contributed by atoms with van der Waals surface area (Å²) in [6.07, 6.45) is 0. The number of carbonyl (C=O) groups excluding carboxylic acids is 1. The topological polar surface area (TPSA) is 95.3 Å². The van der Waals surface area contributed by atoms with E-state index in [1.165, 1.54) is 16.4 Å². The predicted molar refractivity (Wildman–Crippen MR) is 113 cm³/mol. The maximum Gasteiger partial charge on any atom is 0.374 e. The first-order chi connectivity index (χ1) is 15.0. The highest BCUT2D eigenvalue weighted by Gasteiger charge is 2.26. The summed E-state index contributed by atoms with van der Waals surface area (Å²) in [5.41, 5.74) is 1.37. The van der Waals surface area contributed by atoms with E-state index in [2.05, 4.69) is 0 Å². The molecule has 1 aliphatic heterocycles. The molecule has 9 heteroatoms. The van der Waals surface area contributed by atoms with Crippen LogP contribution in [0.3, 0.4) is 0 Å². The van der Waals surface area contributed by atoms with Crippen molar-refractivity contribution in [1.29, 1.82) is 0 Å². The third kappa shape index (κ3) is 4.58. The Morgan fingerprint density at radius 2 is 1.74 bits per heavy atom. The van der Waals surface area contributed by atoms with E-state index in [-0.39, 0.29) is 23.9 Å². The molecule has 1 fully saturated rings. The second-order valence-corrected chi connectivity index (χ2v) is 8.96. The average molecular weight is 445 g/mol. The Hall–Kier alpha value is -2.88. The maximum absolute atomic E-state index is 12.6. The standard InChI is InChI=1S/C22H23NO7S/c1-16-19-4-2-3-5-20(19)30-21(16)22(24)29-15-14-28-17-6-8-18(9-7-17)31(25,26)23-10-12-27-13-11-23/h2-9H,10-15H2,1H3. The first-order valence-corrected chi connectivity index (χ1v) is 11.4. The van der Waals surface area contributed by atoms with Gasteiger partial charge < -0.3 is 18.6 Å². The summed E-state index contributed by atoms with van der Waals surface area (Å²) < 4.78 is 48.3. The van der Waals surface area contributed by atoms with Gasteiger partial charge in [-0.25, -0.2) is 13.2 Å². The second kappa shape index (κ2) is 9.09. The van der Waals surface area contributed by atoms with Gasteiger partial charge in [-0.3, -0.25) is 0 Å². The fourth-order valence-electron chi connectivity index (χ4n) is 3.37. The van der Waals surface area contributed by atoms with Crippen LogP contribution in [0.5, 0.6) is 5.75 Å². The molecule has 0 atom stereocenters. The molecule has 1 aromatic heterocycles. The third-order valence-corrected chi connectivity index (χ3v) is 6.96. The number of ether oxygens (including phenoxy) is 3. The van der Waals surface area contributed by atoms with Gasteiger partial charge in [-0.15, -0.1) is 0 Å². The fourth-order valence-corrected chi connectivity index (χ4v) is 4.78. The Morgan fingerprint density at radius 3 is 2.45 bits per heavy atom. The molecular formula is C22H23NO7S. The average Bonchev–Trinajstić information content (AvgIpc) is 3.14. The van der Waals surface area contributed by atoms with E-state index in [9.17, 15) is 13.2 Å². The molecule has 164 valence electrons. The van der Waals surface area contributed by atoms with Crippen LogP contribution in [0.2, 0.25) is 0 Å². The van der Waals surface area contributed by atoms with E-state index in [1.807, 2.05) is 25.1 Å². The molecule has 1 aliphatic rings. The molecule has 0 unspecified atom stereocenters. The number of hydrogen-bond acceptors (Lipinski definition) is 7. The number of aryl methyl sites for hydroxylation is 1. The molecule has 2 heterocycles. The van der Waals surface area contributed by atoms with Gasteiger partial charge in [0.15, 0.2) is 0 Å². The van der Waals surface area contributed by atoms with Gasteiger partial charge in [0.1, 0.15) is 24.5 Å². The van der Waals surface area contributed by atoms with Crippen LogP contribution in [0.15, 0.2) is 57.8 Å². The molecule has 4 rings (SSSR count). The van der Waals surface area contributed by atoms with Crippen molar-refractivity contribution in [2.24, 2.45) is 0 Å². The maximum atomic E-state index is 12.6. The molecular weight excluding hydrogens is 422 g/mol. The largest absolute Gasteiger partial charge is 0.490 e. The van der Waals surface area contributed by atoms with E-state index >= 15 is 0 Å². The Kier molecular flexibility index (Phi) is 6.26. The molecule has 2 aromatic carbocycles. The normalized spacial score (nSPS) is 15.1. The van der Waals surface area contributed by atoms with E-state index < -0.39 is 16.0 Å². The Morgan fingerprint density at radius 1 is 1.03 bits per heavy atom. The van der Waals surface area contributed by atoms with Crippen LogP contribution in [-0.4, -0.2) is 58.2 Å². The number of sulfonamides is 1. The van der Waals surface area contributed by atoms with Gasteiger partial charge in [-0.2, -0.15) is 4.31 Å². The number of morpholine rings is 1. The number of fused-ring (bicyclic) bond motifs is 1. The van der Waals surface area contributed by atoms with Gasteiger partial charge in [0.25, 0.3) is 0 Å². The highest BCUT2D eigenvalue weighted by Crippen LogP contribution is 2.25. The lowest BCUT2D eigenvalue weighted by Gasteiger charge is -2.26. The van der Waals surface area contributed by atoms with Crippen LogP contribution in [0.4, 0.5) is 0 Å². The fraction of sp³-hybridized carbons (Fsp3) is 0.318. The van der Waals surface area contributed by atoms with Crippen LogP contribution in [0.25, 0.3) is 11.0 Å². The zero-order valence-electron chi connectivity index (χ0n) is 17.1. The van der Waals surface area contributed by atoms with Crippen molar-refractivity contribution in [2.75, 3.05) is 39.5 Å². The van der Waals surface area contributed by atoms with E-state index in [0.717, 1.165) is 10.9 Å². The van der Waals surface area contributed by atoms with Crippen LogP contribution in [0, 0.1) is 6.92 Å². The Labute approximate surface area is 180 Å². The minimum absolute atomic E-state index is 0.0309. The Bertz CT molecular complexity index is 1160. The zero-order chi connectivity index (χ0) is 21.8. The number of para-hydroxylation sites is 1. The molecule has 0 radical (unpaired) electrons. The summed E-state index contributed by atoms with van der Waals surface area (Å²) in [7, 11) is -3.54. The van der Waals surface area contributed by atoms with Gasteiger partial charge in [0, 0.05) is 24.0 Å². The number of rotatable bonds is 7. The first kappa shape index (κ1) is 21.4. The van der Waals surface area contributed by atoms with Crippen molar-refractivity contribution >= 4 is 27.0 Å². The number of esters is 1. The molecule has 0 saturated carbocycles. The van der Waals surface area contributed by atoms with Gasteiger partial charge >= 0.3 is 5.97 Å². The minimum atomic E-state index is -3.54. The van der Waals surface area contributed by atoms with Crippen LogP contribution in [0.1, 0.15) is 16.1 Å². The summed E-state index contributed by atoms with van der Waals surface area (Å²) in [5, 5.41) is 0.873. The molecule has 0 bridgehead atoms. The van der Waals surface area contributed by atoms with E-state index in [4.69, 9.17) is 18.6 Å². The smallest absolute Gasteiger partial charge is 0.374 e. The summed E-state index contributed by atoms with van der Waals surface area (Å²) in [6, 6.07) is 13.6. The van der Waals surface area contributed by atoms with Crippen molar-refractivity contribution < 1.29 is 31.8 Å². The van der Waals surface area contributed by atoms with Gasteiger partial charge in [0.05, 0.1) is 18.1 Å². The van der Waals surface area contributed by atoms with Crippen molar-refractivity contribution in [3.63, 3.8) is 0 Å². The number of hydrogen-bond donors (Lipinski definition) is 0. The minimum Gasteiger partial charge on any atom is -0.490 e. The molecule has 0 spiro atoms. The van der Waals surface area contributed by atoms with Gasteiger partial charge in [-0.05, 0) is 37.3 Å². The van der Waals surface area contributed by atoms with Crippen LogP contribution in [-0.2, 0) is 19.5 Å². The molecule has 3 aromatic rings. The number of furan rings is 1. The molecule has 0 aliphatic carbocycles. The van der Waals surface area contributed by atoms with Gasteiger partial charge in [0.2, 0.25) is 15.8 Å². The molecule has 31 heavy (non-hydrogen) atoms. The molecule has 1 saturated heterocycles. The quantitative estimate of drug-likeness (QED) is 0.407. The lowest BCUT2D eigenvalue weighted by molar-refractivity contribution is 0.0416. The molecule has 0 amide bonds. The number of carbonyl (C=O) groups is 1. The summed E-state index contributed by atoms with van der Waals surface area (Å²) >= 11 is 0. The first-order valence-electron chi connectivity index (χ1n) is 9.93. The SMILES string of the molecule is Cc1c(C(=O)OCCOc2ccc(S(=O)(=O)N3CCOCC3)cc2)oc2ccccc12. The highest BCUT2D eigenvalue weighted by molar-refractivity contribution is 7.89.